The normalized spacial score (nSPS) is 16.2. The molecular formula is C22H22F3N3O6S. The van der Waals surface area contributed by atoms with Crippen LogP contribution in [-0.2, 0) is 32.3 Å². The Hall–Kier alpha value is -3.45. The highest BCUT2D eigenvalue weighted by molar-refractivity contribution is 7.89. The highest BCUT2D eigenvalue weighted by Gasteiger charge is 2.35. The Morgan fingerprint density at radius 3 is 2.40 bits per heavy atom. The molecule has 0 aliphatic carbocycles. The molecule has 9 nitrogen and oxygen atoms in total. The number of carboxylic acid groups (broad SMARTS) is 1. The number of nitrogens with one attached hydrogen (secondary N) is 2. The standard InChI is InChI=1S/C22H22F3N3O6S/c23-22(24,25)16-8-6-14(7-9-16)12-26-20(31)18-5-2-10-28(18)21(32)15-3-1-4-17(11-15)35(33,34)27-13-19(29)30/h1,3-4,6-9,11,18,27H,2,5,10,12-13H2,(H,26,31)(H,29,30)/t18-/m1/s1. The summed E-state index contributed by atoms with van der Waals surface area (Å²) in [7, 11) is -4.17. The summed E-state index contributed by atoms with van der Waals surface area (Å²) in [6.45, 7) is -0.599. The van der Waals surface area contributed by atoms with Crippen LogP contribution in [0.15, 0.2) is 53.4 Å². The third-order valence-electron chi connectivity index (χ3n) is 5.37. The van der Waals surface area contributed by atoms with Crippen molar-refractivity contribution in [3.05, 3.63) is 65.2 Å². The van der Waals surface area contributed by atoms with E-state index in [1.807, 2.05) is 4.72 Å². The number of carbonyl (C=O) groups is 3. The van der Waals surface area contributed by atoms with Crippen molar-refractivity contribution in [1.29, 1.82) is 0 Å². The van der Waals surface area contributed by atoms with Gasteiger partial charge in [-0.15, -0.1) is 0 Å². The summed E-state index contributed by atoms with van der Waals surface area (Å²) in [5.74, 6) is -2.43. The molecule has 0 bridgehead atoms. The van der Waals surface area contributed by atoms with Gasteiger partial charge in [0.1, 0.15) is 12.6 Å². The molecule has 1 fully saturated rings. The van der Waals surface area contributed by atoms with Gasteiger partial charge in [-0.3, -0.25) is 14.4 Å². The summed E-state index contributed by atoms with van der Waals surface area (Å²) in [6.07, 6.45) is -3.57. The smallest absolute Gasteiger partial charge is 0.416 e. The van der Waals surface area contributed by atoms with E-state index in [9.17, 15) is 36.0 Å². The van der Waals surface area contributed by atoms with Gasteiger partial charge >= 0.3 is 12.1 Å². The zero-order chi connectivity index (χ0) is 25.8. The molecule has 0 unspecified atom stereocenters. The fourth-order valence-electron chi connectivity index (χ4n) is 3.60. The number of nitrogens with zero attached hydrogens (tertiary/aromatic N) is 1. The van der Waals surface area contributed by atoms with Gasteiger partial charge in [0, 0.05) is 18.7 Å². The number of hydrogen-bond donors (Lipinski definition) is 3. The van der Waals surface area contributed by atoms with Crippen molar-refractivity contribution >= 4 is 27.8 Å². The number of likely N-dealkylation sites (tertiary alicyclic amines) is 1. The van der Waals surface area contributed by atoms with Crippen LogP contribution >= 0.6 is 0 Å². The van der Waals surface area contributed by atoms with Gasteiger partial charge in [0.05, 0.1) is 10.5 Å². The number of benzene rings is 2. The highest BCUT2D eigenvalue weighted by atomic mass is 32.2. The lowest BCUT2D eigenvalue weighted by atomic mass is 10.1. The van der Waals surface area contributed by atoms with Gasteiger partial charge in [-0.25, -0.2) is 8.42 Å². The van der Waals surface area contributed by atoms with Crippen molar-refractivity contribution in [2.75, 3.05) is 13.1 Å². The minimum Gasteiger partial charge on any atom is -0.480 e. The maximum Gasteiger partial charge on any atom is 0.416 e. The fourth-order valence-corrected chi connectivity index (χ4v) is 4.62. The Bertz CT molecular complexity index is 1220. The lowest BCUT2D eigenvalue weighted by molar-refractivity contribution is -0.138. The second-order valence-electron chi connectivity index (χ2n) is 7.82. The number of halogens is 3. The van der Waals surface area contributed by atoms with Crippen molar-refractivity contribution in [3.8, 4) is 0 Å². The summed E-state index contributed by atoms with van der Waals surface area (Å²) in [5.41, 5.74) is -0.345. The Balaban J connectivity index is 1.67. The van der Waals surface area contributed by atoms with E-state index in [1.54, 1.807) is 0 Å². The van der Waals surface area contributed by atoms with Crippen molar-refractivity contribution in [2.24, 2.45) is 0 Å². The van der Waals surface area contributed by atoms with Crippen LogP contribution in [0.1, 0.15) is 34.3 Å². The van der Waals surface area contributed by atoms with Gasteiger partial charge in [0.2, 0.25) is 15.9 Å². The van der Waals surface area contributed by atoms with Gasteiger partial charge in [0.25, 0.3) is 5.91 Å². The van der Waals surface area contributed by atoms with Crippen LogP contribution in [0.5, 0.6) is 0 Å². The van der Waals surface area contributed by atoms with Crippen LogP contribution < -0.4 is 10.0 Å². The first kappa shape index (κ1) is 26.2. The molecule has 35 heavy (non-hydrogen) atoms. The molecule has 2 amide bonds. The molecule has 188 valence electrons. The average molecular weight is 513 g/mol. The zero-order valence-corrected chi connectivity index (χ0v) is 19.0. The molecule has 1 aliphatic heterocycles. The number of amides is 2. The van der Waals surface area contributed by atoms with E-state index in [2.05, 4.69) is 5.32 Å². The number of carboxylic acids is 1. The summed E-state index contributed by atoms with van der Waals surface area (Å²) < 4.78 is 64.5. The lowest BCUT2D eigenvalue weighted by Gasteiger charge is -2.24. The highest BCUT2D eigenvalue weighted by Crippen LogP contribution is 2.29. The van der Waals surface area contributed by atoms with Crippen LogP contribution in [0.2, 0.25) is 0 Å². The molecule has 0 saturated carbocycles. The molecule has 2 aromatic rings. The molecule has 0 spiro atoms. The summed E-state index contributed by atoms with van der Waals surface area (Å²) in [5, 5.41) is 11.3. The van der Waals surface area contributed by atoms with Crippen LogP contribution in [0.25, 0.3) is 0 Å². The number of aliphatic carboxylic acids is 1. The second kappa shape index (κ2) is 10.4. The summed E-state index contributed by atoms with van der Waals surface area (Å²) >= 11 is 0. The Labute approximate surface area is 199 Å². The molecule has 0 radical (unpaired) electrons. The van der Waals surface area contributed by atoms with Gasteiger partial charge in [-0.1, -0.05) is 18.2 Å². The molecule has 1 heterocycles. The molecule has 1 saturated heterocycles. The monoisotopic (exact) mass is 513 g/mol. The van der Waals surface area contributed by atoms with E-state index in [-0.39, 0.29) is 23.5 Å². The van der Waals surface area contributed by atoms with Crippen molar-refractivity contribution in [1.82, 2.24) is 14.9 Å². The van der Waals surface area contributed by atoms with E-state index >= 15 is 0 Å². The third kappa shape index (κ3) is 6.57. The maximum atomic E-state index is 13.0. The van der Waals surface area contributed by atoms with Crippen LogP contribution in [0.4, 0.5) is 13.2 Å². The molecule has 0 aromatic heterocycles. The molecule has 1 aliphatic rings. The minimum absolute atomic E-state index is 0.00522. The van der Waals surface area contributed by atoms with Crippen molar-refractivity contribution in [3.63, 3.8) is 0 Å². The first-order chi connectivity index (χ1) is 16.4. The molecule has 1 atom stereocenters. The number of sulfonamides is 1. The van der Waals surface area contributed by atoms with E-state index in [0.717, 1.165) is 18.2 Å². The molecule has 2 aromatic carbocycles. The third-order valence-corrected chi connectivity index (χ3v) is 6.77. The number of hydrogen-bond acceptors (Lipinski definition) is 5. The zero-order valence-electron chi connectivity index (χ0n) is 18.2. The van der Waals surface area contributed by atoms with E-state index < -0.39 is 52.1 Å². The van der Waals surface area contributed by atoms with E-state index in [0.29, 0.717) is 18.4 Å². The quantitative estimate of drug-likeness (QED) is 0.495. The average Bonchev–Trinajstić information content (AvgIpc) is 3.31. The molecular weight excluding hydrogens is 491 g/mol. The predicted molar refractivity (Wildman–Crippen MR) is 117 cm³/mol. The van der Waals surface area contributed by atoms with Gasteiger partial charge in [-0.2, -0.15) is 17.9 Å². The molecule has 13 heteroatoms. The number of carbonyl (C=O) groups excluding carboxylic acids is 2. The fraction of sp³-hybridized carbons (Fsp3) is 0.318. The summed E-state index contributed by atoms with van der Waals surface area (Å²) in [6, 6.07) is 8.53. The summed E-state index contributed by atoms with van der Waals surface area (Å²) in [4.78, 5) is 37.4. The van der Waals surface area contributed by atoms with Crippen LogP contribution in [0.3, 0.4) is 0 Å². The molecule has 3 N–H and O–H groups in total. The minimum atomic E-state index is -4.46. The maximum absolute atomic E-state index is 13.0. The van der Waals surface area contributed by atoms with Crippen LogP contribution in [-0.4, -0.2) is 55.3 Å². The SMILES string of the molecule is O=C(O)CNS(=O)(=O)c1cccc(C(=O)N2CCC[C@@H]2C(=O)NCc2ccc(C(F)(F)F)cc2)c1. The van der Waals surface area contributed by atoms with Gasteiger partial charge < -0.3 is 15.3 Å². The van der Waals surface area contributed by atoms with Crippen molar-refractivity contribution in [2.45, 2.75) is 36.5 Å². The Morgan fingerprint density at radius 1 is 1.09 bits per heavy atom. The van der Waals surface area contributed by atoms with E-state index in [4.69, 9.17) is 5.11 Å². The van der Waals surface area contributed by atoms with Crippen LogP contribution in [0, 0.1) is 0 Å². The first-order valence-electron chi connectivity index (χ1n) is 10.4. The Kier molecular flexibility index (Phi) is 7.80. The number of alkyl halides is 3. The van der Waals surface area contributed by atoms with E-state index in [1.165, 1.54) is 35.2 Å². The topological polar surface area (TPSA) is 133 Å². The molecule has 3 rings (SSSR count). The van der Waals surface area contributed by atoms with Gasteiger partial charge in [-0.05, 0) is 48.7 Å². The lowest BCUT2D eigenvalue weighted by Crippen LogP contribution is -2.45. The van der Waals surface area contributed by atoms with Crippen molar-refractivity contribution < 1.29 is 41.1 Å². The Morgan fingerprint density at radius 2 is 1.77 bits per heavy atom. The second-order valence-corrected chi connectivity index (χ2v) is 9.58. The number of rotatable bonds is 8. The van der Waals surface area contributed by atoms with Gasteiger partial charge in [0.15, 0.2) is 0 Å². The predicted octanol–water partition coefficient (Wildman–Crippen LogP) is 1.99. The first-order valence-corrected chi connectivity index (χ1v) is 11.9. The largest absolute Gasteiger partial charge is 0.480 e.